The van der Waals surface area contributed by atoms with Crippen LogP contribution < -0.4 is 15.3 Å². The number of nitrogens with one attached hydrogen (secondary N) is 2. The van der Waals surface area contributed by atoms with E-state index in [0.29, 0.717) is 5.75 Å². The summed E-state index contributed by atoms with van der Waals surface area (Å²) in [6.45, 7) is 1.32. The van der Waals surface area contributed by atoms with E-state index >= 15 is 0 Å². The summed E-state index contributed by atoms with van der Waals surface area (Å²) in [6, 6.07) is 4.43. The van der Waals surface area contributed by atoms with Gasteiger partial charge in [0.1, 0.15) is 11.4 Å². The van der Waals surface area contributed by atoms with Crippen molar-refractivity contribution in [2.24, 2.45) is 0 Å². The lowest BCUT2D eigenvalue weighted by molar-refractivity contribution is -0.990. The van der Waals surface area contributed by atoms with Gasteiger partial charge in [-0.2, -0.15) is 5.23 Å². The van der Waals surface area contributed by atoms with Crippen LogP contribution in [0.25, 0.3) is 0 Å². The van der Waals surface area contributed by atoms with Gasteiger partial charge in [0.15, 0.2) is 5.69 Å². The zero-order chi connectivity index (χ0) is 11.4. The minimum atomic E-state index is -1.11. The zero-order valence-electron chi connectivity index (χ0n) is 8.40. The lowest BCUT2D eigenvalue weighted by Crippen LogP contribution is -2.99. The highest BCUT2D eigenvalue weighted by Gasteiger charge is 2.11. The lowest BCUT2D eigenvalue weighted by Gasteiger charge is -2.16. The van der Waals surface area contributed by atoms with Gasteiger partial charge in [0.05, 0.1) is 7.11 Å². The van der Waals surface area contributed by atoms with Crippen molar-refractivity contribution in [1.82, 2.24) is 0 Å². The second-order valence-electron chi connectivity index (χ2n) is 2.90. The van der Waals surface area contributed by atoms with Gasteiger partial charge < -0.3 is 15.3 Å². The first-order chi connectivity index (χ1) is 7.04. The van der Waals surface area contributed by atoms with Gasteiger partial charge >= 0.3 is 0 Å². The number of carbonyl (C=O) groups is 1. The van der Waals surface area contributed by atoms with Crippen molar-refractivity contribution in [3.63, 3.8) is 0 Å². The number of rotatable bonds is 3. The van der Waals surface area contributed by atoms with E-state index in [9.17, 15) is 10.0 Å². The molecule has 0 aliphatic rings. The van der Waals surface area contributed by atoms with Gasteiger partial charge in [0.25, 0.3) is 0 Å². The van der Waals surface area contributed by atoms with Crippen molar-refractivity contribution < 1.29 is 20.0 Å². The zero-order valence-corrected chi connectivity index (χ0v) is 8.40. The van der Waals surface area contributed by atoms with E-state index in [0.717, 1.165) is 0 Å². The molecular weight excluding hydrogens is 200 g/mol. The molecule has 0 aliphatic heterocycles. The lowest BCUT2D eigenvalue weighted by atomic mass is 10.2. The minimum Gasteiger partial charge on any atom is -0.595 e. The average molecular weight is 212 g/mol. The molecule has 0 heterocycles. The number of hydrogen-bond donors (Lipinski definition) is 3. The van der Waals surface area contributed by atoms with Crippen LogP contribution in [0.15, 0.2) is 18.2 Å². The molecule has 1 aromatic rings. The van der Waals surface area contributed by atoms with Gasteiger partial charge in [-0.15, -0.1) is 0 Å². The van der Waals surface area contributed by atoms with E-state index in [4.69, 9.17) is 9.94 Å². The smallest absolute Gasteiger partial charge is 0.221 e. The summed E-state index contributed by atoms with van der Waals surface area (Å²) in [5.41, 5.74) is 0.264. The van der Waals surface area contributed by atoms with Crippen molar-refractivity contribution in [3.05, 3.63) is 23.4 Å². The molecule has 0 bridgehead atoms. The Morgan fingerprint density at radius 1 is 1.60 bits per heavy atom. The number of amides is 1. The first-order valence-electron chi connectivity index (χ1n) is 4.23. The van der Waals surface area contributed by atoms with Crippen LogP contribution in [0.3, 0.4) is 0 Å². The van der Waals surface area contributed by atoms with Crippen molar-refractivity contribution in [2.75, 3.05) is 12.4 Å². The van der Waals surface area contributed by atoms with Crippen LogP contribution in [0, 0.1) is 5.21 Å². The first-order valence-corrected chi connectivity index (χ1v) is 4.23. The maximum Gasteiger partial charge on any atom is 0.221 e. The molecule has 0 aromatic heterocycles. The molecule has 1 unspecified atom stereocenters. The Balaban J connectivity index is 3.09. The topological polar surface area (TPSA) is 86.1 Å². The summed E-state index contributed by atoms with van der Waals surface area (Å²) < 4.78 is 4.89. The van der Waals surface area contributed by atoms with Crippen LogP contribution >= 0.6 is 0 Å². The monoisotopic (exact) mass is 212 g/mol. The van der Waals surface area contributed by atoms with E-state index in [-0.39, 0.29) is 17.3 Å². The normalized spacial score (nSPS) is 12.0. The SMILES string of the molecule is COc1ccc(NC(C)=O)c([NH+]([O-])O)c1. The van der Waals surface area contributed by atoms with E-state index in [1.165, 1.54) is 26.2 Å². The largest absolute Gasteiger partial charge is 0.595 e. The number of hydrogen-bond acceptors (Lipinski definition) is 4. The maximum absolute atomic E-state index is 10.9. The number of benzene rings is 1. The fourth-order valence-electron chi connectivity index (χ4n) is 1.13. The van der Waals surface area contributed by atoms with Crippen molar-refractivity contribution in [1.29, 1.82) is 0 Å². The maximum atomic E-state index is 10.9. The molecule has 1 rings (SSSR count). The third-order valence-electron chi connectivity index (χ3n) is 1.77. The highest BCUT2D eigenvalue weighted by molar-refractivity contribution is 5.91. The van der Waals surface area contributed by atoms with Gasteiger partial charge in [-0.1, -0.05) is 0 Å². The Kier molecular flexibility index (Phi) is 3.62. The van der Waals surface area contributed by atoms with Gasteiger partial charge in [0.2, 0.25) is 5.91 Å². The molecule has 3 N–H and O–H groups in total. The molecule has 0 saturated carbocycles. The Morgan fingerprint density at radius 3 is 2.73 bits per heavy atom. The molecule has 15 heavy (non-hydrogen) atoms. The summed E-state index contributed by atoms with van der Waals surface area (Å²) in [7, 11) is 1.44. The Labute approximate surface area is 86.6 Å². The van der Waals surface area contributed by atoms with E-state index < -0.39 is 5.23 Å². The number of carbonyl (C=O) groups excluding carboxylic acids is 1. The molecule has 0 spiro atoms. The molecule has 1 amide bonds. The molecule has 0 aliphatic carbocycles. The molecule has 6 heteroatoms. The van der Waals surface area contributed by atoms with E-state index in [2.05, 4.69) is 5.32 Å². The number of methoxy groups -OCH3 is 1. The molecule has 0 fully saturated rings. The summed E-state index contributed by atoms with van der Waals surface area (Å²) >= 11 is 0. The number of anilines is 1. The molecule has 1 atom stereocenters. The second kappa shape index (κ2) is 4.74. The summed E-state index contributed by atoms with van der Waals surface area (Å²) in [4.78, 5) is 10.8. The molecule has 0 radical (unpaired) electrons. The van der Waals surface area contributed by atoms with Crippen molar-refractivity contribution in [2.45, 2.75) is 6.92 Å². The molecular formula is C9H12N2O4. The fraction of sp³-hybridized carbons (Fsp3) is 0.222. The van der Waals surface area contributed by atoms with Crippen molar-refractivity contribution in [3.8, 4) is 5.75 Å². The van der Waals surface area contributed by atoms with Gasteiger partial charge in [-0.25, -0.2) is 5.21 Å². The van der Waals surface area contributed by atoms with Gasteiger partial charge in [0, 0.05) is 13.0 Å². The van der Waals surface area contributed by atoms with Crippen LogP contribution in [-0.2, 0) is 4.79 Å². The predicted octanol–water partition coefficient (Wildman–Crippen LogP) is 0.0570. The minimum absolute atomic E-state index is 0.00421. The number of ether oxygens (including phenoxy) is 1. The van der Waals surface area contributed by atoms with E-state index in [1.54, 1.807) is 6.07 Å². The van der Waals surface area contributed by atoms with Gasteiger partial charge in [-0.3, -0.25) is 4.79 Å². The van der Waals surface area contributed by atoms with Crippen LogP contribution in [0.1, 0.15) is 6.92 Å². The predicted molar refractivity (Wildman–Crippen MR) is 53.1 cm³/mol. The quantitative estimate of drug-likeness (QED) is 0.618. The molecule has 82 valence electrons. The molecule has 6 nitrogen and oxygen atoms in total. The highest BCUT2D eigenvalue weighted by Crippen LogP contribution is 2.23. The van der Waals surface area contributed by atoms with Crippen LogP contribution in [0.5, 0.6) is 5.75 Å². The van der Waals surface area contributed by atoms with E-state index in [1.807, 2.05) is 0 Å². The summed E-state index contributed by atoms with van der Waals surface area (Å²) in [5, 5.41) is 21.1. The molecule has 1 aromatic carbocycles. The first kappa shape index (κ1) is 11.4. The van der Waals surface area contributed by atoms with Crippen LogP contribution in [-0.4, -0.2) is 18.2 Å². The average Bonchev–Trinajstić information content (AvgIpc) is 2.17. The Hall–Kier alpha value is -1.63. The Bertz CT molecular complexity index is 365. The van der Waals surface area contributed by atoms with Crippen LogP contribution in [0.4, 0.5) is 11.4 Å². The second-order valence-corrected chi connectivity index (χ2v) is 2.90. The fourth-order valence-corrected chi connectivity index (χ4v) is 1.13. The van der Waals surface area contributed by atoms with Crippen LogP contribution in [0.2, 0.25) is 0 Å². The third kappa shape index (κ3) is 2.91. The standard InChI is InChI=1S/C9H12N2O4/c1-6(12)10-8-4-3-7(15-2)5-9(8)11(13)14/h3-5,11,13H,1-2H3,(H,10,12). The third-order valence-corrected chi connectivity index (χ3v) is 1.77. The van der Waals surface area contributed by atoms with Crippen molar-refractivity contribution >= 4 is 17.3 Å². The van der Waals surface area contributed by atoms with Gasteiger partial charge in [-0.05, 0) is 12.1 Å². The summed E-state index contributed by atoms with van der Waals surface area (Å²) in [6.07, 6.45) is 0. The summed E-state index contributed by atoms with van der Waals surface area (Å²) in [5.74, 6) is 0.115. The highest BCUT2D eigenvalue weighted by atomic mass is 16.8. The Morgan fingerprint density at radius 2 is 2.27 bits per heavy atom. The molecule has 0 saturated heterocycles. The number of quaternary nitrogens is 1.